The van der Waals surface area contributed by atoms with E-state index >= 15 is 0 Å². The summed E-state index contributed by atoms with van der Waals surface area (Å²) in [5.74, 6) is 0.722. The molecule has 2 aliphatic heterocycles. The van der Waals surface area contributed by atoms with Gasteiger partial charge in [0.25, 0.3) is 5.91 Å². The Morgan fingerprint density at radius 2 is 2.44 bits per heavy atom. The maximum Gasteiger partial charge on any atom is 0.274 e. The molecule has 0 spiro atoms. The second-order valence-corrected chi connectivity index (χ2v) is 5.86. The fourth-order valence-corrected chi connectivity index (χ4v) is 3.78. The molecular weight excluding hydrogens is 248 g/mol. The molecule has 18 heavy (non-hydrogen) atoms. The van der Waals surface area contributed by atoms with Crippen LogP contribution in [0.2, 0.25) is 0 Å². The Labute approximate surface area is 108 Å². The van der Waals surface area contributed by atoms with Crippen LogP contribution in [0.4, 0.5) is 0 Å². The second kappa shape index (κ2) is 3.80. The summed E-state index contributed by atoms with van der Waals surface area (Å²) in [6.45, 7) is 2.85. The number of likely N-dealkylation sites (tertiary alicyclic amines) is 1. The predicted octanol–water partition coefficient (Wildman–Crippen LogP) is 0.830. The molecule has 0 bridgehead atoms. The molecule has 0 radical (unpaired) electrons. The van der Waals surface area contributed by atoms with E-state index in [4.69, 9.17) is 0 Å². The van der Waals surface area contributed by atoms with Crippen LogP contribution in [0.15, 0.2) is 17.8 Å². The Morgan fingerprint density at radius 3 is 3.33 bits per heavy atom. The van der Waals surface area contributed by atoms with Gasteiger partial charge in [0.15, 0.2) is 4.96 Å². The molecule has 2 atom stereocenters. The quantitative estimate of drug-likeness (QED) is 0.828. The van der Waals surface area contributed by atoms with E-state index in [0.29, 0.717) is 17.7 Å². The van der Waals surface area contributed by atoms with Crippen molar-refractivity contribution >= 4 is 22.2 Å². The van der Waals surface area contributed by atoms with Gasteiger partial charge in [-0.2, -0.15) is 0 Å². The number of carbonyl (C=O) groups is 1. The lowest BCUT2D eigenvalue weighted by atomic mass is 10.1. The Balaban J connectivity index is 1.64. The zero-order valence-corrected chi connectivity index (χ0v) is 10.7. The third-order valence-corrected chi connectivity index (χ3v) is 4.79. The number of fused-ring (bicyclic) bond motifs is 2. The molecule has 1 amide bonds. The van der Waals surface area contributed by atoms with Crippen molar-refractivity contribution in [2.75, 3.05) is 19.6 Å². The number of amides is 1. The minimum absolute atomic E-state index is 0.0853. The van der Waals surface area contributed by atoms with E-state index in [1.54, 1.807) is 11.3 Å². The van der Waals surface area contributed by atoms with Gasteiger partial charge in [-0.3, -0.25) is 9.20 Å². The average molecular weight is 262 g/mol. The molecular formula is C12H14N4OS. The summed E-state index contributed by atoms with van der Waals surface area (Å²) in [4.78, 5) is 19.8. The SMILES string of the molecule is O=C(c1cn2ccsc2n1)N1CC[C@@H]2CNC[C@@H]21. The summed E-state index contributed by atoms with van der Waals surface area (Å²) in [5.41, 5.74) is 0.578. The lowest BCUT2D eigenvalue weighted by Crippen LogP contribution is -2.39. The van der Waals surface area contributed by atoms with Gasteiger partial charge in [0.05, 0.1) is 0 Å². The first-order valence-electron chi connectivity index (χ1n) is 6.27. The Morgan fingerprint density at radius 1 is 1.50 bits per heavy atom. The van der Waals surface area contributed by atoms with Crippen LogP contribution in [0, 0.1) is 5.92 Å². The van der Waals surface area contributed by atoms with Crippen LogP contribution in [0.3, 0.4) is 0 Å². The number of carbonyl (C=O) groups excluding carboxylic acids is 1. The zero-order chi connectivity index (χ0) is 12.1. The second-order valence-electron chi connectivity index (χ2n) is 4.99. The molecule has 4 heterocycles. The minimum Gasteiger partial charge on any atom is -0.333 e. The first-order valence-corrected chi connectivity index (χ1v) is 7.15. The highest BCUT2D eigenvalue weighted by Crippen LogP contribution is 2.28. The number of aromatic nitrogens is 2. The molecule has 1 N–H and O–H groups in total. The topological polar surface area (TPSA) is 49.6 Å². The Hall–Kier alpha value is -1.40. The fraction of sp³-hybridized carbons (Fsp3) is 0.500. The molecule has 2 aromatic rings. The van der Waals surface area contributed by atoms with E-state index in [-0.39, 0.29) is 5.91 Å². The van der Waals surface area contributed by atoms with Gasteiger partial charge in [0, 0.05) is 43.4 Å². The summed E-state index contributed by atoms with van der Waals surface area (Å²) in [6.07, 6.45) is 4.89. The molecule has 0 unspecified atom stereocenters. The van der Waals surface area contributed by atoms with E-state index in [1.165, 1.54) is 0 Å². The van der Waals surface area contributed by atoms with Gasteiger partial charge in [0.1, 0.15) is 5.69 Å². The van der Waals surface area contributed by atoms with E-state index in [1.807, 2.05) is 27.1 Å². The molecule has 94 valence electrons. The van der Waals surface area contributed by atoms with Crippen LogP contribution >= 0.6 is 11.3 Å². The number of nitrogens with one attached hydrogen (secondary N) is 1. The van der Waals surface area contributed by atoms with Crippen LogP contribution in [0.1, 0.15) is 16.9 Å². The van der Waals surface area contributed by atoms with Crippen molar-refractivity contribution in [3.05, 3.63) is 23.5 Å². The van der Waals surface area contributed by atoms with E-state index in [9.17, 15) is 4.79 Å². The lowest BCUT2D eigenvalue weighted by Gasteiger charge is -2.22. The maximum atomic E-state index is 12.5. The third kappa shape index (κ3) is 1.42. The van der Waals surface area contributed by atoms with Crippen molar-refractivity contribution < 1.29 is 4.79 Å². The molecule has 0 saturated carbocycles. The summed E-state index contributed by atoms with van der Waals surface area (Å²) >= 11 is 1.56. The predicted molar refractivity (Wildman–Crippen MR) is 68.9 cm³/mol. The van der Waals surface area contributed by atoms with Gasteiger partial charge in [-0.05, 0) is 12.3 Å². The largest absolute Gasteiger partial charge is 0.333 e. The first kappa shape index (κ1) is 10.5. The van der Waals surface area contributed by atoms with Gasteiger partial charge in [-0.1, -0.05) is 0 Å². The number of hydrogen-bond acceptors (Lipinski definition) is 4. The fourth-order valence-electron chi connectivity index (χ4n) is 3.08. The molecule has 4 rings (SSSR count). The summed E-state index contributed by atoms with van der Waals surface area (Å²) in [5, 5.41) is 5.34. The smallest absolute Gasteiger partial charge is 0.274 e. The molecule has 0 aliphatic carbocycles. The van der Waals surface area contributed by atoms with E-state index in [0.717, 1.165) is 31.0 Å². The van der Waals surface area contributed by atoms with Crippen LogP contribution in [0.25, 0.3) is 4.96 Å². The van der Waals surface area contributed by atoms with Crippen molar-refractivity contribution in [3.8, 4) is 0 Å². The van der Waals surface area contributed by atoms with Crippen LogP contribution in [-0.4, -0.2) is 45.9 Å². The monoisotopic (exact) mass is 262 g/mol. The highest BCUT2D eigenvalue weighted by atomic mass is 32.1. The summed E-state index contributed by atoms with van der Waals surface area (Å²) in [7, 11) is 0. The Kier molecular flexibility index (Phi) is 2.22. The van der Waals surface area contributed by atoms with Crippen molar-refractivity contribution in [1.29, 1.82) is 0 Å². The molecule has 6 heteroatoms. The molecule has 0 aromatic carbocycles. The van der Waals surface area contributed by atoms with Crippen LogP contribution in [0.5, 0.6) is 0 Å². The van der Waals surface area contributed by atoms with Gasteiger partial charge in [-0.15, -0.1) is 11.3 Å². The molecule has 2 fully saturated rings. The molecule has 2 saturated heterocycles. The zero-order valence-electron chi connectivity index (χ0n) is 9.87. The maximum absolute atomic E-state index is 12.5. The van der Waals surface area contributed by atoms with Gasteiger partial charge in [-0.25, -0.2) is 4.98 Å². The highest BCUT2D eigenvalue weighted by molar-refractivity contribution is 7.15. The molecule has 5 nitrogen and oxygen atoms in total. The lowest BCUT2D eigenvalue weighted by molar-refractivity contribution is 0.0732. The van der Waals surface area contributed by atoms with Crippen molar-refractivity contribution in [2.24, 2.45) is 5.92 Å². The van der Waals surface area contributed by atoms with Crippen molar-refractivity contribution in [1.82, 2.24) is 19.6 Å². The molecule has 2 aliphatic rings. The highest BCUT2D eigenvalue weighted by Gasteiger charge is 2.40. The van der Waals surface area contributed by atoms with Gasteiger partial charge >= 0.3 is 0 Å². The summed E-state index contributed by atoms with van der Waals surface area (Å²) in [6, 6.07) is 0.372. The van der Waals surface area contributed by atoms with Gasteiger partial charge < -0.3 is 10.2 Å². The van der Waals surface area contributed by atoms with Crippen LogP contribution < -0.4 is 5.32 Å². The van der Waals surface area contributed by atoms with Crippen molar-refractivity contribution in [2.45, 2.75) is 12.5 Å². The normalized spacial score (nSPS) is 27.0. The van der Waals surface area contributed by atoms with E-state index in [2.05, 4.69) is 10.3 Å². The number of imidazole rings is 1. The summed E-state index contributed by atoms with van der Waals surface area (Å²) < 4.78 is 1.92. The van der Waals surface area contributed by atoms with Crippen LogP contribution in [-0.2, 0) is 0 Å². The number of nitrogens with zero attached hydrogens (tertiary/aromatic N) is 3. The number of rotatable bonds is 1. The average Bonchev–Trinajstić information content (AvgIpc) is 3.07. The molecule has 2 aromatic heterocycles. The standard InChI is InChI=1S/C12H14N4OS/c17-11(9-7-15-3-4-18-12(15)14-9)16-2-1-8-5-13-6-10(8)16/h3-4,7-8,10,13H,1-2,5-6H2/t8-,10+/m1/s1. The third-order valence-electron chi connectivity index (χ3n) is 4.02. The first-order chi connectivity index (χ1) is 8.83. The van der Waals surface area contributed by atoms with Crippen molar-refractivity contribution in [3.63, 3.8) is 0 Å². The minimum atomic E-state index is 0.0853. The van der Waals surface area contributed by atoms with Gasteiger partial charge in [0.2, 0.25) is 0 Å². The Bertz CT molecular complexity index is 576. The number of thiazole rings is 1. The van der Waals surface area contributed by atoms with E-state index < -0.39 is 0 Å². The number of hydrogen-bond donors (Lipinski definition) is 1.